The molecule has 61 heavy (non-hydrogen) atoms. The van der Waals surface area contributed by atoms with Gasteiger partial charge in [0.25, 0.3) is 0 Å². The first-order valence-electron chi connectivity index (χ1n) is 19.3. The Balaban J connectivity index is 1.44. The Bertz CT molecular complexity index is 2360. The van der Waals surface area contributed by atoms with E-state index < -0.39 is 29.3 Å². The van der Waals surface area contributed by atoms with Crippen LogP contribution in [0, 0.1) is 0 Å². The van der Waals surface area contributed by atoms with Crippen LogP contribution in [-0.4, -0.2) is 76.7 Å². The zero-order chi connectivity index (χ0) is 43.2. The molecule has 312 valence electrons. The smallest absolute Gasteiger partial charge is 0.330 e. The van der Waals surface area contributed by atoms with Gasteiger partial charge in [0.2, 0.25) is 0 Å². The fourth-order valence-corrected chi connectivity index (χ4v) is 7.04. The molecule has 0 unspecified atom stereocenters. The summed E-state index contributed by atoms with van der Waals surface area (Å²) in [7, 11) is 0. The molecule has 12 heteroatoms. The highest BCUT2D eigenvalue weighted by atomic mass is 16.6. The molecule has 5 aromatic carbocycles. The minimum Gasteiger partial charge on any atom is -0.490 e. The van der Waals surface area contributed by atoms with Crippen LogP contribution in [0.5, 0.6) is 23.0 Å². The lowest BCUT2D eigenvalue weighted by atomic mass is 9.67. The number of benzene rings is 5. The molecule has 12 nitrogen and oxygen atoms in total. The minimum absolute atomic E-state index is 0.0406. The van der Waals surface area contributed by atoms with Crippen LogP contribution in [0.1, 0.15) is 22.3 Å². The molecule has 6 rings (SSSR count). The molecule has 0 amide bonds. The second-order valence-corrected chi connectivity index (χ2v) is 13.3. The Labute approximate surface area is 353 Å². The fraction of sp³-hybridized carbons (Fsp3) is 0.184. The van der Waals surface area contributed by atoms with E-state index in [1.54, 1.807) is 0 Å². The van der Waals surface area contributed by atoms with Crippen molar-refractivity contribution in [2.45, 2.75) is 5.41 Å². The molecule has 0 aromatic heterocycles. The maximum atomic E-state index is 11.7. The highest BCUT2D eigenvalue weighted by Crippen LogP contribution is 2.58. The highest BCUT2D eigenvalue weighted by Gasteiger charge is 2.46. The van der Waals surface area contributed by atoms with Crippen LogP contribution >= 0.6 is 0 Å². The molecule has 1 aliphatic rings. The summed E-state index contributed by atoms with van der Waals surface area (Å²) >= 11 is 0. The molecular formula is C49H44O12. The number of fused-ring (bicyclic) bond motifs is 4. The fourth-order valence-electron chi connectivity index (χ4n) is 7.04. The molecule has 5 aromatic rings. The second-order valence-electron chi connectivity index (χ2n) is 13.3. The molecule has 0 saturated heterocycles. The van der Waals surface area contributed by atoms with Crippen molar-refractivity contribution >= 4 is 34.6 Å². The number of esters is 4. The van der Waals surface area contributed by atoms with Gasteiger partial charge in [-0.1, -0.05) is 62.7 Å². The summed E-state index contributed by atoms with van der Waals surface area (Å²) in [4.78, 5) is 46.3. The van der Waals surface area contributed by atoms with Gasteiger partial charge in [-0.05, 0) is 105 Å². The first-order chi connectivity index (χ1) is 29.7. The van der Waals surface area contributed by atoms with E-state index in [4.69, 9.17) is 37.9 Å². The van der Waals surface area contributed by atoms with Crippen molar-refractivity contribution in [1.82, 2.24) is 0 Å². The largest absolute Gasteiger partial charge is 0.490 e. The van der Waals surface area contributed by atoms with Crippen LogP contribution in [0.25, 0.3) is 21.9 Å². The lowest BCUT2D eigenvalue weighted by Gasteiger charge is -2.34. The summed E-state index contributed by atoms with van der Waals surface area (Å²) in [5.41, 5.74) is 4.80. The van der Waals surface area contributed by atoms with Crippen molar-refractivity contribution in [3.63, 3.8) is 0 Å². The zero-order valence-electron chi connectivity index (χ0n) is 33.4. The number of rotatable bonds is 22. The molecule has 0 aliphatic heterocycles. The molecule has 1 aliphatic carbocycles. The molecule has 0 bridgehead atoms. The van der Waals surface area contributed by atoms with E-state index in [1.807, 2.05) is 84.9 Å². The van der Waals surface area contributed by atoms with E-state index >= 15 is 0 Å². The predicted octanol–water partition coefficient (Wildman–Crippen LogP) is 7.63. The first-order valence-corrected chi connectivity index (χ1v) is 19.3. The highest BCUT2D eigenvalue weighted by molar-refractivity contribution is 5.96. The van der Waals surface area contributed by atoms with E-state index in [-0.39, 0.29) is 52.9 Å². The van der Waals surface area contributed by atoms with Gasteiger partial charge in [-0.3, -0.25) is 0 Å². The van der Waals surface area contributed by atoms with E-state index in [1.165, 1.54) is 0 Å². The number of hydrogen-bond acceptors (Lipinski definition) is 12. The van der Waals surface area contributed by atoms with E-state index in [9.17, 15) is 19.2 Å². The van der Waals surface area contributed by atoms with Crippen LogP contribution in [-0.2, 0) is 43.5 Å². The molecule has 0 saturated carbocycles. The molecule has 0 N–H and O–H groups in total. The van der Waals surface area contributed by atoms with Crippen molar-refractivity contribution < 1.29 is 57.1 Å². The van der Waals surface area contributed by atoms with Crippen molar-refractivity contribution in [2.75, 3.05) is 52.9 Å². The second kappa shape index (κ2) is 20.4. The van der Waals surface area contributed by atoms with Gasteiger partial charge in [-0.2, -0.15) is 0 Å². The molecule has 0 heterocycles. The summed E-state index contributed by atoms with van der Waals surface area (Å²) in [5, 5.41) is 1.86. The van der Waals surface area contributed by atoms with E-state index in [0.29, 0.717) is 23.0 Å². The van der Waals surface area contributed by atoms with Gasteiger partial charge in [-0.25, -0.2) is 19.2 Å². The zero-order valence-corrected chi connectivity index (χ0v) is 33.4. The standard InChI is InChI=1S/C49H44O12/c1-5-45(50)58-25-21-54-37-15-10-35(11-16-37)49(36-12-17-38(18-13-36)55-22-26-59-46(51)6-2)43-20-19-40(57-24-28-61-48(53)8-4)32-42(43)41-30-34-29-39(14-9-33(34)31-44(41)49)56-23-27-60-47(52)7-3/h5-20,29-32H,1-4,21-28H2. The Morgan fingerprint density at radius 1 is 0.393 bits per heavy atom. The van der Waals surface area contributed by atoms with Crippen molar-refractivity contribution in [2.24, 2.45) is 0 Å². The topological polar surface area (TPSA) is 142 Å². The van der Waals surface area contributed by atoms with Crippen molar-refractivity contribution in [1.29, 1.82) is 0 Å². The van der Waals surface area contributed by atoms with Crippen LogP contribution in [0.15, 0.2) is 148 Å². The molecular weight excluding hydrogens is 781 g/mol. The van der Waals surface area contributed by atoms with Gasteiger partial charge in [0.05, 0.1) is 5.41 Å². The third kappa shape index (κ3) is 10.2. The van der Waals surface area contributed by atoms with Gasteiger partial charge < -0.3 is 37.9 Å². The number of hydrogen-bond donors (Lipinski definition) is 0. The van der Waals surface area contributed by atoms with Crippen LogP contribution in [0.2, 0.25) is 0 Å². The van der Waals surface area contributed by atoms with Gasteiger partial charge in [0.15, 0.2) is 0 Å². The average molecular weight is 825 g/mol. The lowest BCUT2D eigenvalue weighted by Crippen LogP contribution is -2.28. The SMILES string of the molecule is C=CC(=O)OCCOc1ccc(C2(c3ccc(OCCOC(=O)C=C)cc3)c3ccc(OCCOC(=O)C=C)cc3-c3cc4cc(OCCOC(=O)C=C)ccc4cc32)cc1. The van der Waals surface area contributed by atoms with Crippen LogP contribution < -0.4 is 18.9 Å². The van der Waals surface area contributed by atoms with Crippen molar-refractivity contribution in [3.05, 3.63) is 170 Å². The van der Waals surface area contributed by atoms with Gasteiger partial charge in [0, 0.05) is 24.3 Å². The van der Waals surface area contributed by atoms with Gasteiger partial charge in [-0.15, -0.1) is 0 Å². The normalized spacial score (nSPS) is 11.8. The van der Waals surface area contributed by atoms with Gasteiger partial charge in [0.1, 0.15) is 75.9 Å². The van der Waals surface area contributed by atoms with Crippen LogP contribution in [0.3, 0.4) is 0 Å². The van der Waals surface area contributed by atoms with E-state index in [2.05, 4.69) is 38.4 Å². The minimum atomic E-state index is -0.878. The quantitative estimate of drug-likeness (QED) is 0.0288. The monoisotopic (exact) mass is 824 g/mol. The molecule has 0 atom stereocenters. The van der Waals surface area contributed by atoms with Crippen molar-refractivity contribution in [3.8, 4) is 34.1 Å². The van der Waals surface area contributed by atoms with Gasteiger partial charge >= 0.3 is 23.9 Å². The number of ether oxygens (including phenoxy) is 8. The Morgan fingerprint density at radius 3 is 1.21 bits per heavy atom. The van der Waals surface area contributed by atoms with E-state index in [0.717, 1.165) is 68.5 Å². The average Bonchev–Trinajstić information content (AvgIpc) is 3.57. The lowest BCUT2D eigenvalue weighted by molar-refractivity contribution is -0.139. The Kier molecular flexibility index (Phi) is 14.4. The summed E-state index contributed by atoms with van der Waals surface area (Å²) < 4.78 is 44.3. The maximum Gasteiger partial charge on any atom is 0.330 e. The molecule has 0 spiro atoms. The number of carbonyl (C=O) groups is 4. The predicted molar refractivity (Wildman–Crippen MR) is 228 cm³/mol. The Hall–Kier alpha value is -7.60. The molecule has 0 fully saturated rings. The summed E-state index contributed by atoms with van der Waals surface area (Å²) in [6.45, 7) is 14.5. The third-order valence-corrected chi connectivity index (χ3v) is 9.66. The third-order valence-electron chi connectivity index (χ3n) is 9.66. The van der Waals surface area contributed by atoms with Crippen LogP contribution in [0.4, 0.5) is 0 Å². The Morgan fingerprint density at radius 2 is 0.770 bits per heavy atom. The summed E-state index contributed by atoms with van der Waals surface area (Å²) in [5.74, 6) is 0.218. The first kappa shape index (κ1) is 43.0. The maximum absolute atomic E-state index is 11.7. The summed E-state index contributed by atoms with van der Waals surface area (Å²) in [6, 6.07) is 31.6. The molecule has 0 radical (unpaired) electrons. The summed E-state index contributed by atoms with van der Waals surface area (Å²) in [6.07, 6.45) is 4.41. The number of carbonyl (C=O) groups excluding carboxylic acids is 4.